The quantitative estimate of drug-likeness (QED) is 0.788. The zero-order valence-electron chi connectivity index (χ0n) is 13.2. The molecule has 0 aliphatic rings. The average Bonchev–Trinajstić information content (AvgIpc) is 2.41. The Morgan fingerprint density at radius 1 is 1.26 bits per heavy atom. The molecule has 6 nitrogen and oxygen atoms in total. The van der Waals surface area contributed by atoms with Crippen molar-refractivity contribution in [3.05, 3.63) is 29.8 Å². The summed E-state index contributed by atoms with van der Waals surface area (Å²) in [6.07, 6.45) is 0. The molecular weight excluding hydrogens is 332 g/mol. The molecule has 0 bridgehead atoms. The zero-order chi connectivity index (χ0) is 17.8. The molecule has 1 aromatic carbocycles. The van der Waals surface area contributed by atoms with Crippen molar-refractivity contribution >= 4 is 16.0 Å². The molecule has 0 aliphatic heterocycles. The van der Waals surface area contributed by atoms with Gasteiger partial charge in [0.05, 0.1) is 19.3 Å². The Labute approximate surface area is 133 Å². The van der Waals surface area contributed by atoms with Crippen LogP contribution in [0.3, 0.4) is 0 Å². The molecule has 0 fully saturated rings. The minimum atomic E-state index is -4.62. The van der Waals surface area contributed by atoms with Gasteiger partial charge in [-0.05, 0) is 32.9 Å². The first-order valence-electron chi connectivity index (χ1n) is 6.66. The van der Waals surface area contributed by atoms with Crippen LogP contribution in [0.2, 0.25) is 0 Å². The number of nitrogens with one attached hydrogen (secondary N) is 1. The van der Waals surface area contributed by atoms with Gasteiger partial charge in [-0.3, -0.25) is 4.79 Å². The van der Waals surface area contributed by atoms with Crippen LogP contribution in [0.1, 0.15) is 20.8 Å². The van der Waals surface area contributed by atoms with Crippen molar-refractivity contribution in [1.29, 1.82) is 0 Å². The molecule has 0 radical (unpaired) electrons. The van der Waals surface area contributed by atoms with E-state index in [2.05, 4.69) is 4.74 Å². The van der Waals surface area contributed by atoms with Crippen molar-refractivity contribution < 1.29 is 31.5 Å². The van der Waals surface area contributed by atoms with E-state index in [0.29, 0.717) is 0 Å². The van der Waals surface area contributed by atoms with E-state index in [-0.39, 0.29) is 6.61 Å². The first-order chi connectivity index (χ1) is 10.5. The highest BCUT2D eigenvalue weighted by Crippen LogP contribution is 2.19. The molecule has 0 spiro atoms. The Kier molecular flexibility index (Phi) is 6.20. The minimum absolute atomic E-state index is 0.356. The van der Waals surface area contributed by atoms with E-state index in [1.807, 2.05) is 4.72 Å². The number of methoxy groups -OCH3 is 1. The maximum absolute atomic E-state index is 13.6. The lowest BCUT2D eigenvalue weighted by atomic mass is 10.2. The first kappa shape index (κ1) is 19.5. The monoisotopic (exact) mass is 351 g/mol. The Bertz CT molecular complexity index is 650. The van der Waals surface area contributed by atoms with Crippen LogP contribution >= 0.6 is 0 Å². The van der Waals surface area contributed by atoms with Crippen LogP contribution in [0.25, 0.3) is 0 Å². The van der Waals surface area contributed by atoms with Gasteiger partial charge in [-0.2, -0.15) is 4.72 Å². The normalized spacial score (nSPS) is 13.7. The van der Waals surface area contributed by atoms with Crippen molar-refractivity contribution in [2.24, 2.45) is 0 Å². The lowest BCUT2D eigenvalue weighted by Gasteiger charge is -2.23. The molecular formula is C14H19F2NO5S. The highest BCUT2D eigenvalue weighted by molar-refractivity contribution is 7.89. The fraction of sp³-hybridized carbons (Fsp3) is 0.500. The van der Waals surface area contributed by atoms with Crippen LogP contribution in [0.4, 0.5) is 8.78 Å². The number of benzene rings is 1. The van der Waals surface area contributed by atoms with E-state index >= 15 is 0 Å². The first-order valence-corrected chi connectivity index (χ1v) is 8.14. The Hall–Kier alpha value is -1.58. The predicted molar refractivity (Wildman–Crippen MR) is 78.2 cm³/mol. The molecule has 1 rings (SSSR count). The zero-order valence-corrected chi connectivity index (χ0v) is 14.0. The molecule has 1 unspecified atom stereocenters. The molecule has 1 aromatic rings. The van der Waals surface area contributed by atoms with Crippen LogP contribution in [0.5, 0.6) is 0 Å². The summed E-state index contributed by atoms with van der Waals surface area (Å²) >= 11 is 0. The number of halogens is 2. The summed E-state index contributed by atoms with van der Waals surface area (Å²) in [7, 11) is -3.56. The Morgan fingerprint density at radius 2 is 1.78 bits per heavy atom. The fourth-order valence-electron chi connectivity index (χ4n) is 1.61. The summed E-state index contributed by atoms with van der Waals surface area (Å²) in [6.45, 7) is 4.75. The van der Waals surface area contributed by atoms with Crippen LogP contribution < -0.4 is 4.72 Å². The van der Waals surface area contributed by atoms with Gasteiger partial charge < -0.3 is 9.47 Å². The van der Waals surface area contributed by atoms with Crippen molar-refractivity contribution in [3.63, 3.8) is 0 Å². The second-order valence-corrected chi connectivity index (χ2v) is 7.32. The molecule has 0 saturated carbocycles. The van der Waals surface area contributed by atoms with Gasteiger partial charge in [0.2, 0.25) is 10.0 Å². The number of rotatable bonds is 6. The molecule has 130 valence electrons. The number of esters is 1. The van der Waals surface area contributed by atoms with Crippen LogP contribution in [0.15, 0.2) is 23.1 Å². The molecule has 0 saturated heterocycles. The molecule has 0 heterocycles. The molecule has 23 heavy (non-hydrogen) atoms. The summed E-state index contributed by atoms with van der Waals surface area (Å²) in [4.78, 5) is 10.5. The smallest absolute Gasteiger partial charge is 0.326 e. The maximum atomic E-state index is 13.6. The molecule has 0 aliphatic carbocycles. The van der Waals surface area contributed by atoms with Crippen LogP contribution in [0, 0.1) is 11.6 Å². The van der Waals surface area contributed by atoms with E-state index < -0.39 is 44.2 Å². The number of carbonyl (C=O) groups excluding carboxylic acids is 1. The van der Waals surface area contributed by atoms with Gasteiger partial charge >= 0.3 is 5.97 Å². The van der Waals surface area contributed by atoms with Gasteiger partial charge in [0.15, 0.2) is 4.90 Å². The van der Waals surface area contributed by atoms with Crippen molar-refractivity contribution in [2.45, 2.75) is 37.3 Å². The van der Waals surface area contributed by atoms with Gasteiger partial charge in [0, 0.05) is 0 Å². The third-order valence-corrected chi connectivity index (χ3v) is 4.18. The van der Waals surface area contributed by atoms with Gasteiger partial charge in [-0.25, -0.2) is 17.2 Å². The third kappa shape index (κ3) is 5.52. The number of ether oxygens (including phenoxy) is 2. The summed E-state index contributed by atoms with van der Waals surface area (Å²) in [5, 5.41) is 0. The molecule has 0 aromatic heterocycles. The van der Waals surface area contributed by atoms with E-state index in [4.69, 9.17) is 4.74 Å². The topological polar surface area (TPSA) is 81.7 Å². The largest absolute Gasteiger partial charge is 0.468 e. The number of sulfonamides is 1. The average molecular weight is 351 g/mol. The standard InChI is InChI=1S/C14H19F2NO5S/c1-14(2,3)22-8-11(13(18)21-4)17-23(19,20)12-9(15)6-5-7-10(12)16/h5-7,11,17H,8H2,1-4H3. The van der Waals surface area contributed by atoms with Crippen molar-refractivity contribution in [3.8, 4) is 0 Å². The lowest BCUT2D eigenvalue weighted by molar-refractivity contribution is -0.145. The SMILES string of the molecule is COC(=O)C(COC(C)(C)C)NS(=O)(=O)c1c(F)cccc1F. The van der Waals surface area contributed by atoms with Gasteiger partial charge in [0.25, 0.3) is 0 Å². The van der Waals surface area contributed by atoms with Gasteiger partial charge in [0.1, 0.15) is 17.7 Å². The number of hydrogen-bond acceptors (Lipinski definition) is 5. The number of carbonyl (C=O) groups is 1. The predicted octanol–water partition coefficient (Wildman–Crippen LogP) is 1.60. The lowest BCUT2D eigenvalue weighted by Crippen LogP contribution is -2.46. The van der Waals surface area contributed by atoms with Crippen LogP contribution in [-0.2, 0) is 24.3 Å². The molecule has 9 heteroatoms. The second kappa shape index (κ2) is 7.33. The van der Waals surface area contributed by atoms with Crippen molar-refractivity contribution in [2.75, 3.05) is 13.7 Å². The van der Waals surface area contributed by atoms with Crippen LogP contribution in [-0.4, -0.2) is 39.7 Å². The summed E-state index contributed by atoms with van der Waals surface area (Å²) in [6, 6.07) is 1.19. The summed E-state index contributed by atoms with van der Waals surface area (Å²) in [5.41, 5.74) is -0.652. The maximum Gasteiger partial charge on any atom is 0.326 e. The van der Waals surface area contributed by atoms with Gasteiger partial charge in [-0.15, -0.1) is 0 Å². The third-order valence-electron chi connectivity index (χ3n) is 2.65. The Morgan fingerprint density at radius 3 is 2.22 bits per heavy atom. The van der Waals surface area contributed by atoms with E-state index in [1.165, 1.54) is 0 Å². The Balaban J connectivity index is 3.08. The molecule has 1 atom stereocenters. The summed E-state index contributed by atoms with van der Waals surface area (Å²) < 4.78 is 63.4. The van der Waals surface area contributed by atoms with E-state index in [1.54, 1.807) is 20.8 Å². The molecule has 1 N–H and O–H groups in total. The minimum Gasteiger partial charge on any atom is -0.468 e. The fourth-order valence-corrected chi connectivity index (χ4v) is 2.92. The van der Waals surface area contributed by atoms with Crippen molar-refractivity contribution in [1.82, 2.24) is 4.72 Å². The summed E-state index contributed by atoms with van der Waals surface area (Å²) in [5.74, 6) is -3.47. The van der Waals surface area contributed by atoms with E-state index in [9.17, 15) is 22.0 Å². The second-order valence-electron chi connectivity index (χ2n) is 5.67. The number of hydrogen-bond donors (Lipinski definition) is 1. The highest BCUT2D eigenvalue weighted by Gasteiger charge is 2.31. The van der Waals surface area contributed by atoms with Gasteiger partial charge in [-0.1, -0.05) is 6.07 Å². The van der Waals surface area contributed by atoms with E-state index in [0.717, 1.165) is 25.3 Å². The highest BCUT2D eigenvalue weighted by atomic mass is 32.2. The molecule has 0 amide bonds.